The molecular weight excluding hydrogens is 253 g/mol. The molecule has 1 fully saturated rings. The van der Waals surface area contributed by atoms with Crippen LogP contribution in [0.5, 0.6) is 0 Å². The number of aromatic nitrogens is 1. The van der Waals surface area contributed by atoms with E-state index in [9.17, 15) is 9.18 Å². The Balaban J connectivity index is 2.23. The van der Waals surface area contributed by atoms with Gasteiger partial charge in [-0.3, -0.25) is 4.79 Å². The maximum absolute atomic E-state index is 13.8. The van der Waals surface area contributed by atoms with Gasteiger partial charge < -0.3 is 10.6 Å². The average Bonchev–Trinajstić information content (AvgIpc) is 2.30. The predicted octanol–water partition coefficient (Wildman–Crippen LogP) is 1.77. The number of pyridine rings is 1. The molecule has 0 aromatic carbocycles. The number of nitrogen functional groups attached to an aromatic ring is 1. The Morgan fingerprint density at radius 2 is 2.33 bits per heavy atom. The Labute approximate surface area is 110 Å². The number of thioether (sulfide) groups is 1. The summed E-state index contributed by atoms with van der Waals surface area (Å²) in [7, 11) is 0. The minimum atomic E-state index is -0.724. The molecule has 1 aromatic heterocycles. The van der Waals surface area contributed by atoms with Gasteiger partial charge in [0.15, 0.2) is 11.6 Å². The van der Waals surface area contributed by atoms with Crippen molar-refractivity contribution in [3.8, 4) is 0 Å². The van der Waals surface area contributed by atoms with Crippen LogP contribution in [0.25, 0.3) is 0 Å². The molecule has 1 amide bonds. The van der Waals surface area contributed by atoms with Gasteiger partial charge in [0.1, 0.15) is 0 Å². The summed E-state index contributed by atoms with van der Waals surface area (Å²) in [5, 5.41) is 0. The van der Waals surface area contributed by atoms with Crippen molar-refractivity contribution in [1.29, 1.82) is 0 Å². The van der Waals surface area contributed by atoms with Crippen molar-refractivity contribution in [1.82, 2.24) is 9.88 Å². The van der Waals surface area contributed by atoms with Gasteiger partial charge in [-0.1, -0.05) is 0 Å². The third-order valence-corrected chi connectivity index (χ3v) is 4.16. The van der Waals surface area contributed by atoms with Crippen molar-refractivity contribution in [3.05, 3.63) is 23.6 Å². The van der Waals surface area contributed by atoms with E-state index in [-0.39, 0.29) is 22.0 Å². The zero-order chi connectivity index (χ0) is 13.3. The molecule has 0 bridgehead atoms. The van der Waals surface area contributed by atoms with Crippen LogP contribution >= 0.6 is 11.8 Å². The monoisotopic (exact) mass is 269 g/mol. The Hall–Kier alpha value is -1.30. The standard InChI is InChI=1S/C12H16FN3OS/c1-12(2)7-16(5-6-18-12)11(17)8-3-4-15-10(14)9(8)13/h3-4H,5-7H2,1-2H3,(H2,14,15). The molecule has 2 N–H and O–H groups in total. The van der Waals surface area contributed by atoms with Crippen LogP contribution in [0.4, 0.5) is 10.2 Å². The van der Waals surface area contributed by atoms with E-state index in [1.165, 1.54) is 12.3 Å². The number of hydrogen-bond acceptors (Lipinski definition) is 4. The van der Waals surface area contributed by atoms with Crippen LogP contribution in [0.3, 0.4) is 0 Å². The minimum absolute atomic E-state index is 0.00294. The molecule has 2 heterocycles. The van der Waals surface area contributed by atoms with Gasteiger partial charge >= 0.3 is 0 Å². The number of rotatable bonds is 1. The number of carbonyl (C=O) groups is 1. The summed E-state index contributed by atoms with van der Waals surface area (Å²) in [5.74, 6) is -0.402. The first kappa shape index (κ1) is 13.1. The molecular formula is C12H16FN3OS. The van der Waals surface area contributed by atoms with Crippen molar-refractivity contribution in [2.24, 2.45) is 0 Å². The van der Waals surface area contributed by atoms with Crippen LogP contribution in [0.1, 0.15) is 24.2 Å². The fourth-order valence-corrected chi connectivity index (χ4v) is 3.10. The summed E-state index contributed by atoms with van der Waals surface area (Å²) >= 11 is 1.82. The lowest BCUT2D eigenvalue weighted by atomic mass is 10.1. The number of carbonyl (C=O) groups excluding carboxylic acids is 1. The summed E-state index contributed by atoms with van der Waals surface area (Å²) in [6.45, 7) is 5.40. The highest BCUT2D eigenvalue weighted by Crippen LogP contribution is 2.30. The second kappa shape index (κ2) is 4.76. The zero-order valence-corrected chi connectivity index (χ0v) is 11.3. The fraction of sp³-hybridized carbons (Fsp3) is 0.500. The number of amides is 1. The lowest BCUT2D eigenvalue weighted by molar-refractivity contribution is 0.0743. The van der Waals surface area contributed by atoms with Crippen molar-refractivity contribution in [2.75, 3.05) is 24.6 Å². The lowest BCUT2D eigenvalue weighted by Crippen LogP contribution is -2.46. The molecule has 0 spiro atoms. The highest BCUT2D eigenvalue weighted by Gasteiger charge is 2.31. The van der Waals surface area contributed by atoms with Gasteiger partial charge in [-0.15, -0.1) is 0 Å². The summed E-state index contributed by atoms with van der Waals surface area (Å²) in [5.41, 5.74) is 5.39. The van der Waals surface area contributed by atoms with E-state index >= 15 is 0 Å². The van der Waals surface area contributed by atoms with E-state index in [1.54, 1.807) is 4.90 Å². The fourth-order valence-electron chi connectivity index (χ4n) is 1.99. The Bertz CT molecular complexity index is 478. The van der Waals surface area contributed by atoms with E-state index in [1.807, 2.05) is 11.8 Å². The van der Waals surface area contributed by atoms with Crippen LogP contribution < -0.4 is 5.73 Å². The van der Waals surface area contributed by atoms with Gasteiger partial charge in [0.05, 0.1) is 5.56 Å². The van der Waals surface area contributed by atoms with Gasteiger partial charge in [-0.2, -0.15) is 11.8 Å². The molecule has 1 aliphatic rings. The van der Waals surface area contributed by atoms with Gasteiger partial charge in [0, 0.05) is 29.8 Å². The van der Waals surface area contributed by atoms with E-state index in [0.717, 1.165) is 5.75 Å². The number of nitrogens with zero attached hydrogens (tertiary/aromatic N) is 2. The molecule has 2 rings (SSSR count). The van der Waals surface area contributed by atoms with Crippen molar-refractivity contribution < 1.29 is 9.18 Å². The zero-order valence-electron chi connectivity index (χ0n) is 10.4. The second-order valence-electron chi connectivity index (χ2n) is 4.89. The van der Waals surface area contributed by atoms with Gasteiger partial charge in [-0.25, -0.2) is 9.37 Å². The predicted molar refractivity (Wildman–Crippen MR) is 71.0 cm³/mol. The summed E-state index contributed by atoms with van der Waals surface area (Å²) in [6.07, 6.45) is 1.36. The molecule has 0 aliphatic carbocycles. The molecule has 1 aromatic rings. The normalized spacial score (nSPS) is 18.7. The van der Waals surface area contributed by atoms with Crippen LogP contribution in [-0.2, 0) is 0 Å². The molecule has 6 heteroatoms. The quantitative estimate of drug-likeness (QED) is 0.844. The van der Waals surface area contributed by atoms with Gasteiger partial charge in [0.2, 0.25) is 0 Å². The second-order valence-corrected chi connectivity index (χ2v) is 6.69. The molecule has 0 radical (unpaired) electrons. The molecule has 1 aliphatic heterocycles. The van der Waals surface area contributed by atoms with Gasteiger partial charge in [0.25, 0.3) is 5.91 Å². The van der Waals surface area contributed by atoms with E-state index in [0.29, 0.717) is 13.1 Å². The molecule has 18 heavy (non-hydrogen) atoms. The van der Waals surface area contributed by atoms with Crippen LogP contribution in [0.15, 0.2) is 12.3 Å². The van der Waals surface area contributed by atoms with Crippen molar-refractivity contribution >= 4 is 23.5 Å². The number of nitrogens with two attached hydrogens (primary N) is 1. The summed E-state index contributed by atoms with van der Waals surface area (Å²) < 4.78 is 13.8. The maximum atomic E-state index is 13.8. The Kier molecular flexibility index (Phi) is 3.47. The summed E-state index contributed by atoms with van der Waals surface area (Å²) in [6, 6.07) is 1.38. The van der Waals surface area contributed by atoms with Crippen LogP contribution in [0.2, 0.25) is 0 Å². The van der Waals surface area contributed by atoms with Gasteiger partial charge in [-0.05, 0) is 19.9 Å². The Morgan fingerprint density at radius 3 is 3.00 bits per heavy atom. The number of halogens is 1. The molecule has 0 saturated carbocycles. The third-order valence-electron chi connectivity index (χ3n) is 2.86. The SMILES string of the molecule is CC1(C)CN(C(=O)c2ccnc(N)c2F)CCS1. The first-order valence-corrected chi connectivity index (χ1v) is 6.72. The highest BCUT2D eigenvalue weighted by atomic mass is 32.2. The number of hydrogen-bond donors (Lipinski definition) is 1. The topological polar surface area (TPSA) is 59.2 Å². The Morgan fingerprint density at radius 1 is 1.61 bits per heavy atom. The number of anilines is 1. The first-order chi connectivity index (χ1) is 8.41. The van der Waals surface area contributed by atoms with Crippen molar-refractivity contribution in [2.45, 2.75) is 18.6 Å². The first-order valence-electron chi connectivity index (χ1n) is 5.74. The van der Waals surface area contributed by atoms with E-state index < -0.39 is 5.82 Å². The van der Waals surface area contributed by atoms with Crippen LogP contribution in [-0.4, -0.2) is 39.4 Å². The van der Waals surface area contributed by atoms with Crippen LogP contribution in [0, 0.1) is 5.82 Å². The van der Waals surface area contributed by atoms with E-state index in [2.05, 4.69) is 18.8 Å². The average molecular weight is 269 g/mol. The largest absolute Gasteiger partial charge is 0.381 e. The van der Waals surface area contributed by atoms with E-state index in [4.69, 9.17) is 5.73 Å². The minimum Gasteiger partial charge on any atom is -0.381 e. The summed E-state index contributed by atoms with van der Waals surface area (Å²) in [4.78, 5) is 17.6. The highest BCUT2D eigenvalue weighted by molar-refractivity contribution is 8.00. The third kappa shape index (κ3) is 2.58. The molecule has 4 nitrogen and oxygen atoms in total. The molecule has 0 unspecified atom stereocenters. The molecule has 1 saturated heterocycles. The van der Waals surface area contributed by atoms with Crippen molar-refractivity contribution in [3.63, 3.8) is 0 Å². The lowest BCUT2D eigenvalue weighted by Gasteiger charge is -2.37. The molecule has 98 valence electrons. The molecule has 0 atom stereocenters. The maximum Gasteiger partial charge on any atom is 0.257 e. The smallest absolute Gasteiger partial charge is 0.257 e.